The van der Waals surface area contributed by atoms with Crippen molar-refractivity contribution in [1.29, 1.82) is 0 Å². The number of benzene rings is 1. The minimum Gasteiger partial charge on any atom is -0.397 e. The molecule has 3 nitrogen and oxygen atoms in total. The van der Waals surface area contributed by atoms with E-state index in [0.717, 1.165) is 34.6 Å². The molecule has 0 aromatic heterocycles. The van der Waals surface area contributed by atoms with Gasteiger partial charge in [0.05, 0.1) is 12.2 Å². The van der Waals surface area contributed by atoms with Crippen LogP contribution in [0.5, 0.6) is 0 Å². The molecule has 0 amide bonds. The van der Waals surface area contributed by atoms with Crippen LogP contribution in [-0.4, -0.2) is 18.9 Å². The standard InChI is InChI=1S/C9H10BrN3/c10-7-3-1-2-6(8(7)11)9-12-4-5-13-9/h1-3H,4-5,11H2,(H,12,13). The highest BCUT2D eigenvalue weighted by Crippen LogP contribution is 2.23. The second kappa shape index (κ2) is 3.38. The first-order chi connectivity index (χ1) is 6.29. The molecule has 1 aromatic rings. The van der Waals surface area contributed by atoms with E-state index in [4.69, 9.17) is 5.73 Å². The Balaban J connectivity index is 2.45. The predicted molar refractivity (Wildman–Crippen MR) is 58.0 cm³/mol. The molecule has 0 saturated carbocycles. The zero-order valence-corrected chi connectivity index (χ0v) is 8.63. The molecule has 0 radical (unpaired) electrons. The highest BCUT2D eigenvalue weighted by atomic mass is 79.9. The van der Waals surface area contributed by atoms with Gasteiger partial charge in [0.25, 0.3) is 0 Å². The van der Waals surface area contributed by atoms with E-state index in [1.807, 2.05) is 18.2 Å². The van der Waals surface area contributed by atoms with Crippen molar-refractivity contribution in [3.63, 3.8) is 0 Å². The second-order valence-corrected chi connectivity index (χ2v) is 3.71. The van der Waals surface area contributed by atoms with E-state index in [1.54, 1.807) is 0 Å². The van der Waals surface area contributed by atoms with Crippen LogP contribution in [0.1, 0.15) is 5.56 Å². The maximum Gasteiger partial charge on any atom is 0.130 e. The summed E-state index contributed by atoms with van der Waals surface area (Å²) in [7, 11) is 0. The van der Waals surface area contributed by atoms with Crippen molar-refractivity contribution in [3.8, 4) is 0 Å². The van der Waals surface area contributed by atoms with Crippen LogP contribution in [0, 0.1) is 0 Å². The number of halogens is 1. The van der Waals surface area contributed by atoms with Crippen LogP contribution in [0.3, 0.4) is 0 Å². The zero-order valence-electron chi connectivity index (χ0n) is 7.05. The third kappa shape index (κ3) is 1.54. The molecule has 13 heavy (non-hydrogen) atoms. The Morgan fingerprint density at radius 2 is 2.31 bits per heavy atom. The van der Waals surface area contributed by atoms with Crippen molar-refractivity contribution in [3.05, 3.63) is 28.2 Å². The van der Waals surface area contributed by atoms with Crippen LogP contribution in [-0.2, 0) is 0 Å². The average Bonchev–Trinajstić information content (AvgIpc) is 2.62. The van der Waals surface area contributed by atoms with E-state index in [9.17, 15) is 0 Å². The van der Waals surface area contributed by atoms with E-state index in [0.29, 0.717) is 0 Å². The van der Waals surface area contributed by atoms with Gasteiger partial charge < -0.3 is 11.1 Å². The third-order valence-electron chi connectivity index (χ3n) is 1.98. The molecule has 0 spiro atoms. The molecule has 0 bridgehead atoms. The molecule has 0 fully saturated rings. The van der Waals surface area contributed by atoms with Crippen LogP contribution in [0.15, 0.2) is 27.7 Å². The summed E-state index contributed by atoms with van der Waals surface area (Å²) in [6, 6.07) is 5.85. The summed E-state index contributed by atoms with van der Waals surface area (Å²) in [6.45, 7) is 1.74. The molecule has 1 aromatic carbocycles. The highest BCUT2D eigenvalue weighted by Gasteiger charge is 2.11. The molecule has 1 aliphatic rings. The number of amidine groups is 1. The van der Waals surface area contributed by atoms with Crippen LogP contribution >= 0.6 is 15.9 Å². The normalized spacial score (nSPS) is 15.3. The maximum atomic E-state index is 5.89. The van der Waals surface area contributed by atoms with E-state index in [-0.39, 0.29) is 0 Å². The Bertz CT molecular complexity index is 360. The van der Waals surface area contributed by atoms with Gasteiger partial charge >= 0.3 is 0 Å². The molecule has 0 aliphatic carbocycles. The van der Waals surface area contributed by atoms with Gasteiger partial charge in [-0.15, -0.1) is 0 Å². The monoisotopic (exact) mass is 239 g/mol. The lowest BCUT2D eigenvalue weighted by molar-refractivity contribution is 0.960. The van der Waals surface area contributed by atoms with Gasteiger partial charge in [0.1, 0.15) is 5.84 Å². The minimum atomic E-state index is 0.746. The molecule has 3 N–H and O–H groups in total. The van der Waals surface area contributed by atoms with Gasteiger partial charge in [-0.1, -0.05) is 6.07 Å². The molecule has 1 heterocycles. The largest absolute Gasteiger partial charge is 0.397 e. The Hall–Kier alpha value is -1.03. The highest BCUT2D eigenvalue weighted by molar-refractivity contribution is 9.10. The molecule has 1 aliphatic heterocycles. The lowest BCUT2D eigenvalue weighted by Crippen LogP contribution is -2.20. The summed E-state index contributed by atoms with van der Waals surface area (Å²) in [5.41, 5.74) is 7.62. The summed E-state index contributed by atoms with van der Waals surface area (Å²) in [4.78, 5) is 4.31. The van der Waals surface area contributed by atoms with Crippen molar-refractivity contribution in [1.82, 2.24) is 5.32 Å². The number of nitrogens with one attached hydrogen (secondary N) is 1. The number of rotatable bonds is 1. The number of nitrogens with two attached hydrogens (primary N) is 1. The van der Waals surface area contributed by atoms with Gasteiger partial charge in [0.2, 0.25) is 0 Å². The summed E-state index contributed by atoms with van der Waals surface area (Å²) in [5.74, 6) is 0.902. The quantitative estimate of drug-likeness (QED) is 0.728. The van der Waals surface area contributed by atoms with Gasteiger partial charge in [0.15, 0.2) is 0 Å². The molecular formula is C9H10BrN3. The van der Waals surface area contributed by atoms with Crippen molar-refractivity contribution in [2.24, 2.45) is 4.99 Å². The second-order valence-electron chi connectivity index (χ2n) is 2.86. The number of para-hydroxylation sites is 1. The maximum absolute atomic E-state index is 5.89. The van der Waals surface area contributed by atoms with Gasteiger partial charge in [-0.3, -0.25) is 4.99 Å². The van der Waals surface area contributed by atoms with Crippen LogP contribution in [0.4, 0.5) is 5.69 Å². The zero-order chi connectivity index (χ0) is 9.26. The molecule has 0 atom stereocenters. The summed E-state index contributed by atoms with van der Waals surface area (Å²) < 4.78 is 0.918. The SMILES string of the molecule is Nc1c(Br)cccc1C1=NCCN1. The van der Waals surface area contributed by atoms with E-state index in [2.05, 4.69) is 26.2 Å². The van der Waals surface area contributed by atoms with Crippen molar-refractivity contribution < 1.29 is 0 Å². The van der Waals surface area contributed by atoms with Gasteiger partial charge in [-0.05, 0) is 28.1 Å². The fourth-order valence-corrected chi connectivity index (χ4v) is 1.69. The molecule has 68 valence electrons. The fourth-order valence-electron chi connectivity index (χ4n) is 1.32. The van der Waals surface area contributed by atoms with E-state index < -0.39 is 0 Å². The number of anilines is 1. The predicted octanol–water partition coefficient (Wildman–Crippen LogP) is 1.38. The molecular weight excluding hydrogens is 230 g/mol. The first-order valence-corrected chi connectivity index (χ1v) is 4.91. The summed E-state index contributed by atoms with van der Waals surface area (Å²) in [5, 5.41) is 3.19. The first-order valence-electron chi connectivity index (χ1n) is 4.12. The van der Waals surface area contributed by atoms with Crippen molar-refractivity contribution in [2.75, 3.05) is 18.8 Å². The number of nitrogens with zero attached hydrogens (tertiary/aromatic N) is 1. The molecule has 2 rings (SSSR count). The van der Waals surface area contributed by atoms with Gasteiger partial charge in [-0.2, -0.15) is 0 Å². The topological polar surface area (TPSA) is 50.4 Å². The number of hydrogen-bond acceptors (Lipinski definition) is 3. The minimum absolute atomic E-state index is 0.746. The smallest absolute Gasteiger partial charge is 0.130 e. The Morgan fingerprint density at radius 1 is 1.46 bits per heavy atom. The first kappa shape index (κ1) is 8.56. The lowest BCUT2D eigenvalue weighted by atomic mass is 10.1. The van der Waals surface area contributed by atoms with Crippen LogP contribution < -0.4 is 11.1 Å². The summed E-state index contributed by atoms with van der Waals surface area (Å²) in [6.07, 6.45) is 0. The number of hydrogen-bond donors (Lipinski definition) is 2. The average molecular weight is 240 g/mol. The van der Waals surface area contributed by atoms with E-state index in [1.165, 1.54) is 0 Å². The number of nitrogen functional groups attached to an aromatic ring is 1. The van der Waals surface area contributed by atoms with Gasteiger partial charge in [0, 0.05) is 16.6 Å². The Morgan fingerprint density at radius 3 is 3.00 bits per heavy atom. The molecule has 0 unspecified atom stereocenters. The third-order valence-corrected chi connectivity index (χ3v) is 2.67. The molecule has 0 saturated heterocycles. The Kier molecular flexibility index (Phi) is 2.22. The molecule has 4 heteroatoms. The Labute approximate surface area is 85.2 Å². The van der Waals surface area contributed by atoms with E-state index >= 15 is 0 Å². The van der Waals surface area contributed by atoms with Gasteiger partial charge in [-0.25, -0.2) is 0 Å². The van der Waals surface area contributed by atoms with Crippen LogP contribution in [0.25, 0.3) is 0 Å². The van der Waals surface area contributed by atoms with Crippen molar-refractivity contribution in [2.45, 2.75) is 0 Å². The van der Waals surface area contributed by atoms with Crippen LogP contribution in [0.2, 0.25) is 0 Å². The summed E-state index contributed by atoms with van der Waals surface area (Å²) >= 11 is 3.39. The number of aliphatic imine (C=N–C) groups is 1. The van der Waals surface area contributed by atoms with Crippen molar-refractivity contribution >= 4 is 27.5 Å². The lowest BCUT2D eigenvalue weighted by Gasteiger charge is -2.07. The fraction of sp³-hybridized carbons (Fsp3) is 0.222.